The molecule has 0 saturated carbocycles. The largest absolute Gasteiger partial charge is 0.153 e. The minimum Gasteiger partial charge on any atom is -0.153 e. The summed E-state index contributed by atoms with van der Waals surface area (Å²) in [4.78, 5) is 0. The van der Waals surface area contributed by atoms with E-state index in [4.69, 9.17) is 9.11 Å². The minimum absolute atomic E-state index is 0. The topological polar surface area (TPSA) is 109 Å². The molecule has 0 aromatic heterocycles. The maximum absolute atomic E-state index is 9.69. The normalized spacial score (nSPS) is 10.2. The molecule has 2 N–H and O–H groups in total. The number of hydrogen-bond donors (Lipinski definition) is 2. The molecule has 0 heterocycles. The second kappa shape index (κ2) is 8.61. The molecule has 6 nitrogen and oxygen atoms in total. The molecule has 0 rings (SSSR count). The Bertz CT molecular complexity index is 251. The molecule has 1 unspecified atom stereocenters. The van der Waals surface area contributed by atoms with Crippen molar-refractivity contribution in [1.29, 1.82) is 0 Å². The summed E-state index contributed by atoms with van der Waals surface area (Å²) in [6.45, 7) is 0. The summed E-state index contributed by atoms with van der Waals surface area (Å²) < 4.78 is 54.4. The Labute approximate surface area is 111 Å². The monoisotopic (exact) mass is 454 g/mol. The number of hydrogen-bond acceptors (Lipinski definition) is 4. The molecular formula is H5CdO6PS2SeZn. The smallest absolute Gasteiger partial charge is 0 e. The first-order valence-corrected chi connectivity index (χ1v) is 8.29. The van der Waals surface area contributed by atoms with Gasteiger partial charge in [0.25, 0.3) is 0 Å². The van der Waals surface area contributed by atoms with Crippen molar-refractivity contribution >= 4 is 39.7 Å². The van der Waals surface area contributed by atoms with Crippen LogP contribution in [0.3, 0.4) is 0 Å². The Kier molecular flexibility index (Phi) is 17.1. The molecule has 0 aliphatic rings. The summed E-state index contributed by atoms with van der Waals surface area (Å²) in [6, 6.07) is 0. The van der Waals surface area contributed by atoms with Gasteiger partial charge in [-0.3, -0.25) is 0 Å². The molecule has 0 aliphatic heterocycles. The Hall–Kier alpha value is 2.31. The van der Waals surface area contributed by atoms with Gasteiger partial charge in [0.05, 0.1) is 0 Å². The molecule has 0 radical (unpaired) electrons. The second-order valence-corrected chi connectivity index (χ2v) is 11.1. The molecule has 0 saturated heterocycles. The minimum atomic E-state index is -4.56. The Morgan fingerprint density at radius 3 is 1.08 bits per heavy atom. The van der Waals surface area contributed by atoms with E-state index >= 15 is 0 Å². The summed E-state index contributed by atoms with van der Waals surface area (Å²) in [5.74, 6) is 0. The standard InChI is InChI=1S/Cd.H2O6S2Se.H3P.Zn/c;1-7(2,3)9-8(4,5)6;;/h;(H,1,2,3)(H,4,5,6);1H3;. The summed E-state index contributed by atoms with van der Waals surface area (Å²) >= 11 is -2.19. The van der Waals surface area contributed by atoms with Crippen molar-refractivity contribution in [2.24, 2.45) is 0 Å². The maximum Gasteiger partial charge on any atom is 0 e. The van der Waals surface area contributed by atoms with Crippen molar-refractivity contribution < 1.29 is 72.7 Å². The van der Waals surface area contributed by atoms with E-state index in [1.165, 1.54) is 0 Å². The third-order valence-electron chi connectivity index (χ3n) is 0.172. The van der Waals surface area contributed by atoms with Crippen LogP contribution in [-0.4, -0.2) is 38.7 Å². The van der Waals surface area contributed by atoms with Crippen LogP contribution >= 0.6 is 9.90 Å². The molecule has 1 atom stereocenters. The molecule has 0 amide bonds. The van der Waals surface area contributed by atoms with Gasteiger partial charge in [-0.25, -0.2) is 0 Å². The first kappa shape index (κ1) is 23.9. The maximum atomic E-state index is 9.69. The van der Waals surface area contributed by atoms with E-state index in [0.717, 1.165) is 0 Å². The fraction of sp³-hybridized carbons (Fsp3) is 0. The van der Waals surface area contributed by atoms with Crippen molar-refractivity contribution in [2.45, 2.75) is 0 Å². The van der Waals surface area contributed by atoms with Crippen LogP contribution < -0.4 is 0 Å². The van der Waals surface area contributed by atoms with E-state index in [2.05, 4.69) is 0 Å². The zero-order chi connectivity index (χ0) is 7.71. The van der Waals surface area contributed by atoms with Crippen LogP contribution in [0.1, 0.15) is 0 Å². The summed E-state index contributed by atoms with van der Waals surface area (Å²) in [7, 11) is -9.11. The van der Waals surface area contributed by atoms with E-state index in [0.29, 0.717) is 0 Å². The van der Waals surface area contributed by atoms with Gasteiger partial charge in [0.1, 0.15) is 0 Å². The third-order valence-corrected chi connectivity index (χ3v) is 8.04. The average Bonchev–Trinajstić information content (AvgIpc) is 1.14. The predicted octanol–water partition coefficient (Wildman–Crippen LogP) is -1.65. The Balaban J connectivity index is -0.000000107. The molecule has 0 aromatic rings. The van der Waals surface area contributed by atoms with Crippen molar-refractivity contribution in [3.05, 3.63) is 0 Å². The summed E-state index contributed by atoms with van der Waals surface area (Å²) in [6.07, 6.45) is 0. The van der Waals surface area contributed by atoms with E-state index in [9.17, 15) is 16.8 Å². The van der Waals surface area contributed by atoms with Gasteiger partial charge in [-0.2, -0.15) is 9.90 Å². The van der Waals surface area contributed by atoms with Gasteiger partial charge in [0.15, 0.2) is 0 Å². The molecule has 0 fully saturated rings. The van der Waals surface area contributed by atoms with Crippen LogP contribution in [0, 0.1) is 0 Å². The van der Waals surface area contributed by atoms with E-state index in [1.807, 2.05) is 0 Å². The molecule has 68 valence electrons. The van der Waals surface area contributed by atoms with Gasteiger partial charge in [-0.05, 0) is 0 Å². The summed E-state index contributed by atoms with van der Waals surface area (Å²) in [5.41, 5.74) is 0. The molecule has 12 heavy (non-hydrogen) atoms. The molecule has 0 aromatic carbocycles. The summed E-state index contributed by atoms with van der Waals surface area (Å²) in [5, 5.41) is 0. The van der Waals surface area contributed by atoms with Gasteiger partial charge in [0, 0.05) is 46.8 Å². The van der Waals surface area contributed by atoms with E-state index in [1.54, 1.807) is 0 Å². The van der Waals surface area contributed by atoms with Crippen LogP contribution in [0.2, 0.25) is 0 Å². The fourth-order valence-electron chi connectivity index (χ4n) is 0.109. The van der Waals surface area contributed by atoms with Crippen molar-refractivity contribution in [3.63, 3.8) is 0 Å². The third kappa shape index (κ3) is 22.8. The van der Waals surface area contributed by atoms with E-state index < -0.39 is 29.8 Å². The van der Waals surface area contributed by atoms with Crippen molar-refractivity contribution in [2.75, 3.05) is 0 Å². The zero-order valence-electron chi connectivity index (χ0n) is 5.87. The van der Waals surface area contributed by atoms with E-state index in [-0.39, 0.29) is 56.7 Å². The predicted molar refractivity (Wildman–Crippen MR) is 40.0 cm³/mol. The molecule has 12 heteroatoms. The molecule has 0 aliphatic carbocycles. The molecule has 0 spiro atoms. The van der Waals surface area contributed by atoms with Crippen LogP contribution in [0.15, 0.2) is 0 Å². The van der Waals surface area contributed by atoms with Gasteiger partial charge < -0.3 is 0 Å². The Morgan fingerprint density at radius 1 is 0.917 bits per heavy atom. The first-order chi connectivity index (χ1) is 3.71. The zero-order valence-corrected chi connectivity index (χ0v) is 17.6. The Morgan fingerprint density at radius 2 is 1.08 bits per heavy atom. The molecular weight excluding hydrogens is 448 g/mol. The quantitative estimate of drug-likeness (QED) is 0.295. The van der Waals surface area contributed by atoms with Gasteiger partial charge in [0.2, 0.25) is 0 Å². The van der Waals surface area contributed by atoms with Gasteiger partial charge >= 0.3 is 55.7 Å². The SMILES string of the molecule is O=S(=O)(O)[Se]S(=O)(=O)O.P.[Cd].[Zn]. The van der Waals surface area contributed by atoms with Crippen molar-refractivity contribution in [3.8, 4) is 0 Å². The first-order valence-electron chi connectivity index (χ1n) is 1.37. The fourth-order valence-corrected chi connectivity index (χ4v) is 5.08. The van der Waals surface area contributed by atoms with Crippen LogP contribution in [0.25, 0.3) is 0 Å². The number of rotatable bonds is 2. The van der Waals surface area contributed by atoms with Gasteiger partial charge in [-0.15, -0.1) is 0 Å². The van der Waals surface area contributed by atoms with Crippen LogP contribution in [-0.2, 0) is 63.8 Å². The van der Waals surface area contributed by atoms with Gasteiger partial charge in [-0.1, -0.05) is 0 Å². The van der Waals surface area contributed by atoms with Crippen LogP contribution in [0.4, 0.5) is 0 Å². The molecule has 0 bridgehead atoms. The average molecular weight is 453 g/mol. The van der Waals surface area contributed by atoms with Crippen LogP contribution in [0.5, 0.6) is 0 Å². The second-order valence-electron chi connectivity index (χ2n) is 0.924. The van der Waals surface area contributed by atoms with Crippen molar-refractivity contribution in [1.82, 2.24) is 0 Å².